The van der Waals surface area contributed by atoms with Crippen molar-refractivity contribution in [3.05, 3.63) is 138 Å². The standard InChI is InChI=1S/C41H39NO8/c1-2-24-49-36(43)18-10-25-48-28-21-19-27(20-22-28)39-38(41(46)47)33-15-7-8-16-34(33)40(45)42(39)23-9-17-37(44)50-26-35-31-13-5-3-11-29(31)30-12-4-6-14-32(30)35/h2-8,11-16,19-22,35,38-39H,1,9-10,17-18,23-26H2,(H,46,47)/t38-,39+/m1/s1. The molecule has 0 bridgehead atoms. The van der Waals surface area contributed by atoms with Crippen LogP contribution in [0.1, 0.15) is 76.2 Å². The lowest BCUT2D eigenvalue weighted by atomic mass is 9.79. The summed E-state index contributed by atoms with van der Waals surface area (Å²) in [5, 5.41) is 10.5. The number of hydrogen-bond donors (Lipinski definition) is 1. The lowest BCUT2D eigenvalue weighted by Crippen LogP contribution is -2.45. The van der Waals surface area contributed by atoms with Crippen LogP contribution in [0.3, 0.4) is 0 Å². The lowest BCUT2D eigenvalue weighted by molar-refractivity contribution is -0.144. The van der Waals surface area contributed by atoms with E-state index in [1.807, 2.05) is 24.3 Å². The van der Waals surface area contributed by atoms with Crippen molar-refractivity contribution in [1.29, 1.82) is 0 Å². The number of carbonyl (C=O) groups is 4. The molecule has 2 aliphatic rings. The molecule has 6 rings (SSSR count). The number of benzene rings is 4. The molecule has 4 aromatic rings. The molecule has 50 heavy (non-hydrogen) atoms. The maximum absolute atomic E-state index is 13.9. The van der Waals surface area contributed by atoms with Crippen LogP contribution in [-0.4, -0.2) is 60.2 Å². The predicted octanol–water partition coefficient (Wildman–Crippen LogP) is 7.08. The fraction of sp³-hybridized carbons (Fsp3) is 0.268. The predicted molar refractivity (Wildman–Crippen MR) is 187 cm³/mol. The summed E-state index contributed by atoms with van der Waals surface area (Å²) in [7, 11) is 0. The Bertz CT molecular complexity index is 1840. The largest absolute Gasteiger partial charge is 0.494 e. The zero-order chi connectivity index (χ0) is 35.0. The second-order valence-electron chi connectivity index (χ2n) is 12.4. The van der Waals surface area contributed by atoms with Crippen molar-refractivity contribution in [2.45, 2.75) is 43.6 Å². The number of aliphatic carboxylic acids is 1. The van der Waals surface area contributed by atoms with Gasteiger partial charge in [-0.3, -0.25) is 19.2 Å². The molecule has 1 amide bonds. The fourth-order valence-electron chi connectivity index (χ4n) is 6.95. The van der Waals surface area contributed by atoms with Crippen molar-refractivity contribution in [2.24, 2.45) is 0 Å². The van der Waals surface area contributed by atoms with E-state index in [1.54, 1.807) is 53.4 Å². The van der Waals surface area contributed by atoms with Gasteiger partial charge in [-0.1, -0.05) is 91.5 Å². The molecule has 256 valence electrons. The monoisotopic (exact) mass is 673 g/mol. The number of carbonyl (C=O) groups excluding carboxylic acids is 3. The number of esters is 2. The van der Waals surface area contributed by atoms with E-state index in [1.165, 1.54) is 6.08 Å². The van der Waals surface area contributed by atoms with Crippen molar-refractivity contribution in [3.8, 4) is 16.9 Å². The number of rotatable bonds is 15. The topological polar surface area (TPSA) is 119 Å². The third kappa shape index (κ3) is 7.32. The summed E-state index contributed by atoms with van der Waals surface area (Å²) in [6.07, 6.45) is 2.55. The van der Waals surface area contributed by atoms with Crippen LogP contribution >= 0.6 is 0 Å². The van der Waals surface area contributed by atoms with Gasteiger partial charge in [0.2, 0.25) is 0 Å². The van der Waals surface area contributed by atoms with Gasteiger partial charge in [-0.15, -0.1) is 0 Å². The van der Waals surface area contributed by atoms with E-state index in [0.717, 1.165) is 22.3 Å². The highest BCUT2D eigenvalue weighted by Crippen LogP contribution is 2.45. The zero-order valence-corrected chi connectivity index (χ0v) is 27.7. The zero-order valence-electron chi connectivity index (χ0n) is 27.7. The van der Waals surface area contributed by atoms with Crippen LogP contribution < -0.4 is 4.74 Å². The molecule has 1 N–H and O–H groups in total. The Balaban J connectivity index is 1.12. The number of hydrogen-bond acceptors (Lipinski definition) is 7. The van der Waals surface area contributed by atoms with Crippen LogP contribution in [0.4, 0.5) is 0 Å². The van der Waals surface area contributed by atoms with Crippen molar-refractivity contribution in [3.63, 3.8) is 0 Å². The van der Waals surface area contributed by atoms with Crippen molar-refractivity contribution >= 4 is 23.8 Å². The molecule has 2 atom stereocenters. The van der Waals surface area contributed by atoms with E-state index in [9.17, 15) is 24.3 Å². The van der Waals surface area contributed by atoms with Crippen LogP contribution in [-0.2, 0) is 23.9 Å². The second kappa shape index (κ2) is 15.7. The Labute approximate surface area is 291 Å². The first-order valence-corrected chi connectivity index (χ1v) is 16.8. The third-order valence-electron chi connectivity index (χ3n) is 9.24. The molecular weight excluding hydrogens is 634 g/mol. The average Bonchev–Trinajstić information content (AvgIpc) is 3.46. The second-order valence-corrected chi connectivity index (χ2v) is 12.4. The van der Waals surface area contributed by atoms with Gasteiger partial charge in [0.1, 0.15) is 24.9 Å². The van der Waals surface area contributed by atoms with Gasteiger partial charge in [0.05, 0.1) is 12.6 Å². The minimum Gasteiger partial charge on any atom is -0.494 e. The minimum absolute atomic E-state index is 0.0574. The van der Waals surface area contributed by atoms with Gasteiger partial charge < -0.3 is 24.2 Å². The molecule has 0 aromatic heterocycles. The Morgan fingerprint density at radius 3 is 1.96 bits per heavy atom. The van der Waals surface area contributed by atoms with Crippen LogP contribution in [0, 0.1) is 0 Å². The quantitative estimate of drug-likeness (QED) is 0.0808. The van der Waals surface area contributed by atoms with Crippen molar-refractivity contribution in [1.82, 2.24) is 4.90 Å². The maximum Gasteiger partial charge on any atom is 0.313 e. The van der Waals surface area contributed by atoms with E-state index in [0.29, 0.717) is 35.3 Å². The molecule has 4 aromatic carbocycles. The first-order chi connectivity index (χ1) is 24.4. The van der Waals surface area contributed by atoms with E-state index in [2.05, 4.69) is 30.8 Å². The summed E-state index contributed by atoms with van der Waals surface area (Å²) in [5.74, 6) is -2.59. The minimum atomic E-state index is -1.06. The average molecular weight is 674 g/mol. The molecule has 0 saturated heterocycles. The number of amides is 1. The summed E-state index contributed by atoms with van der Waals surface area (Å²) in [6, 6.07) is 29.2. The molecule has 0 radical (unpaired) electrons. The van der Waals surface area contributed by atoms with E-state index < -0.39 is 17.9 Å². The summed E-state index contributed by atoms with van der Waals surface area (Å²) < 4.78 is 16.6. The molecular formula is C41H39NO8. The highest BCUT2D eigenvalue weighted by molar-refractivity contribution is 6.00. The van der Waals surface area contributed by atoms with Gasteiger partial charge in [-0.05, 0) is 64.4 Å². The SMILES string of the molecule is C=CCOC(=O)CCCOc1ccc([C@H]2[C@H](C(=O)O)c3ccccc3C(=O)N2CCCC(=O)OCC2c3ccccc3-c3ccccc32)cc1. The van der Waals surface area contributed by atoms with E-state index in [4.69, 9.17) is 14.2 Å². The van der Waals surface area contributed by atoms with Gasteiger partial charge in [0.15, 0.2) is 0 Å². The highest BCUT2D eigenvalue weighted by Gasteiger charge is 2.44. The normalized spacial score (nSPS) is 16.2. The van der Waals surface area contributed by atoms with Gasteiger partial charge >= 0.3 is 17.9 Å². The van der Waals surface area contributed by atoms with Gasteiger partial charge in [-0.2, -0.15) is 0 Å². The molecule has 1 heterocycles. The number of fused-ring (bicyclic) bond motifs is 4. The van der Waals surface area contributed by atoms with Crippen LogP contribution in [0.2, 0.25) is 0 Å². The van der Waals surface area contributed by atoms with Gasteiger partial charge in [0, 0.05) is 30.9 Å². The van der Waals surface area contributed by atoms with E-state index in [-0.39, 0.29) is 63.0 Å². The molecule has 0 unspecified atom stereocenters. The van der Waals surface area contributed by atoms with Crippen molar-refractivity contribution in [2.75, 3.05) is 26.4 Å². The summed E-state index contributed by atoms with van der Waals surface area (Å²) in [6.45, 7) is 4.34. The Kier molecular flexibility index (Phi) is 10.7. The third-order valence-corrected chi connectivity index (χ3v) is 9.24. The molecule has 0 spiro atoms. The Morgan fingerprint density at radius 1 is 0.740 bits per heavy atom. The van der Waals surface area contributed by atoms with Gasteiger partial charge in [-0.25, -0.2) is 0 Å². The lowest BCUT2D eigenvalue weighted by Gasteiger charge is -2.41. The van der Waals surface area contributed by atoms with Gasteiger partial charge in [0.25, 0.3) is 5.91 Å². The van der Waals surface area contributed by atoms with Crippen molar-refractivity contribution < 1.29 is 38.5 Å². The van der Waals surface area contributed by atoms with Crippen LogP contribution in [0.15, 0.2) is 110 Å². The van der Waals surface area contributed by atoms with Crippen LogP contribution in [0.5, 0.6) is 5.75 Å². The first kappa shape index (κ1) is 34.2. The number of carboxylic acid groups (broad SMARTS) is 1. The maximum atomic E-state index is 13.9. The summed E-state index contributed by atoms with van der Waals surface area (Å²) in [4.78, 5) is 53.0. The summed E-state index contributed by atoms with van der Waals surface area (Å²) >= 11 is 0. The molecule has 1 aliphatic heterocycles. The number of carboxylic acids is 1. The van der Waals surface area contributed by atoms with E-state index >= 15 is 0 Å². The summed E-state index contributed by atoms with van der Waals surface area (Å²) in [5.41, 5.74) is 5.96. The molecule has 0 fully saturated rings. The number of ether oxygens (including phenoxy) is 3. The first-order valence-electron chi connectivity index (χ1n) is 16.8. The molecule has 0 saturated carbocycles. The number of nitrogens with zero attached hydrogens (tertiary/aromatic N) is 1. The molecule has 9 heteroatoms. The Hall–Kier alpha value is -5.70. The molecule has 1 aliphatic carbocycles. The smallest absolute Gasteiger partial charge is 0.313 e. The molecule has 9 nitrogen and oxygen atoms in total. The fourth-order valence-corrected chi connectivity index (χ4v) is 6.95. The Morgan fingerprint density at radius 2 is 1.32 bits per heavy atom. The highest BCUT2D eigenvalue weighted by atomic mass is 16.5. The van der Waals surface area contributed by atoms with Crippen LogP contribution in [0.25, 0.3) is 11.1 Å².